The number of fused-ring (bicyclic) bond motifs is 1. The number of carbonyl (C=O) groups is 2. The summed E-state index contributed by atoms with van der Waals surface area (Å²) in [4.78, 5) is 26.3. The summed E-state index contributed by atoms with van der Waals surface area (Å²) in [6.07, 6.45) is 5.14. The summed E-state index contributed by atoms with van der Waals surface area (Å²) in [5.41, 5.74) is 1.26. The van der Waals surface area contributed by atoms with Crippen molar-refractivity contribution in [2.75, 3.05) is 13.1 Å². The first-order valence-electron chi connectivity index (χ1n) is 9.36. The smallest absolute Gasteiger partial charge is 0.223 e. The number of hydrogen-bond donors (Lipinski definition) is 0. The number of carbonyl (C=O) groups excluding carboxylic acids is 2. The van der Waals surface area contributed by atoms with Gasteiger partial charge in [0.2, 0.25) is 5.91 Å². The Bertz CT molecular complexity index is 624. The summed E-state index contributed by atoms with van der Waals surface area (Å²) in [5, 5.41) is 11.5. The molecule has 2 unspecified atom stereocenters. The van der Waals surface area contributed by atoms with Crippen LogP contribution in [0, 0.1) is 16.7 Å². The Morgan fingerprint density at radius 3 is 2.16 bits per heavy atom. The van der Waals surface area contributed by atoms with Crippen molar-refractivity contribution < 1.29 is 14.7 Å². The van der Waals surface area contributed by atoms with Crippen LogP contribution in [0.3, 0.4) is 0 Å². The van der Waals surface area contributed by atoms with Gasteiger partial charge in [0.05, 0.1) is 0 Å². The average Bonchev–Trinajstić information content (AvgIpc) is 2.86. The molecule has 0 N–H and O–H groups in total. The molecule has 1 aromatic rings. The minimum Gasteiger partial charge on any atom is -0.550 e. The molecule has 0 radical (unpaired) electrons. The lowest BCUT2D eigenvalue weighted by Gasteiger charge is -2.43. The predicted molar refractivity (Wildman–Crippen MR) is 94.5 cm³/mol. The molecule has 1 saturated carbocycles. The van der Waals surface area contributed by atoms with Crippen molar-refractivity contribution in [2.45, 2.75) is 52.4 Å². The molecule has 2 fully saturated rings. The van der Waals surface area contributed by atoms with Crippen molar-refractivity contribution in [2.24, 2.45) is 16.7 Å². The van der Waals surface area contributed by atoms with Gasteiger partial charge in [-0.25, -0.2) is 0 Å². The van der Waals surface area contributed by atoms with Crippen LogP contribution in [0.1, 0.15) is 51.5 Å². The molecule has 1 aliphatic carbocycles. The predicted octanol–water partition coefficient (Wildman–Crippen LogP) is 2.41. The Morgan fingerprint density at radius 1 is 1.08 bits per heavy atom. The molecular formula is C21H28NO3-. The number of rotatable bonds is 5. The molecule has 1 amide bonds. The van der Waals surface area contributed by atoms with Crippen LogP contribution in [0.2, 0.25) is 0 Å². The van der Waals surface area contributed by atoms with Crippen LogP contribution < -0.4 is 5.11 Å². The number of nitrogens with zero attached hydrogens (tertiary/aromatic N) is 1. The fourth-order valence-corrected chi connectivity index (χ4v) is 4.73. The number of aliphatic carboxylic acids is 1. The quantitative estimate of drug-likeness (QED) is 0.825. The van der Waals surface area contributed by atoms with Gasteiger partial charge in [0.15, 0.2) is 0 Å². The zero-order valence-electron chi connectivity index (χ0n) is 15.3. The molecule has 1 saturated heterocycles. The van der Waals surface area contributed by atoms with Crippen LogP contribution in [0.15, 0.2) is 30.3 Å². The molecule has 1 aliphatic heterocycles. The van der Waals surface area contributed by atoms with Gasteiger partial charge < -0.3 is 14.8 Å². The molecule has 0 aromatic heterocycles. The Morgan fingerprint density at radius 2 is 1.64 bits per heavy atom. The highest BCUT2D eigenvalue weighted by molar-refractivity contribution is 5.82. The molecule has 1 heterocycles. The van der Waals surface area contributed by atoms with Crippen LogP contribution in [0.25, 0.3) is 0 Å². The van der Waals surface area contributed by atoms with E-state index in [1.807, 2.05) is 35.2 Å². The maximum atomic E-state index is 12.8. The van der Waals surface area contributed by atoms with E-state index in [2.05, 4.69) is 13.8 Å². The highest BCUT2D eigenvalue weighted by atomic mass is 16.4. The normalized spacial score (nSPS) is 29.9. The highest BCUT2D eigenvalue weighted by Gasteiger charge is 2.53. The van der Waals surface area contributed by atoms with Crippen molar-refractivity contribution in [3.63, 3.8) is 0 Å². The van der Waals surface area contributed by atoms with E-state index in [1.54, 1.807) is 0 Å². The summed E-state index contributed by atoms with van der Waals surface area (Å²) < 4.78 is 0. The third-order valence-corrected chi connectivity index (χ3v) is 6.68. The third kappa shape index (κ3) is 3.58. The molecule has 25 heavy (non-hydrogen) atoms. The fourth-order valence-electron chi connectivity index (χ4n) is 4.73. The second-order valence-electron chi connectivity index (χ2n) is 8.49. The van der Waals surface area contributed by atoms with Crippen molar-refractivity contribution in [3.8, 4) is 0 Å². The summed E-state index contributed by atoms with van der Waals surface area (Å²) in [6.45, 7) is 6.10. The van der Waals surface area contributed by atoms with Gasteiger partial charge in [-0.15, -0.1) is 0 Å². The van der Waals surface area contributed by atoms with Crippen LogP contribution in [0.5, 0.6) is 0 Å². The van der Waals surface area contributed by atoms with Crippen LogP contribution in [-0.4, -0.2) is 29.9 Å². The molecule has 0 bridgehead atoms. The molecule has 2 aliphatic rings. The standard InChI is InChI=1S/C21H29NO3/c1-20-10-6-7-11-21(20,2)15-22(14-20)18(23)13-17(19(24)25)12-16-8-4-3-5-9-16/h3-5,8-9,17H,6-7,10-15H2,1-2H3,(H,24,25)/p-1/t17-,20?,21?/m0/s1. The Kier molecular flexibility index (Phi) is 4.90. The molecule has 136 valence electrons. The maximum absolute atomic E-state index is 12.8. The maximum Gasteiger partial charge on any atom is 0.223 e. The van der Waals surface area contributed by atoms with Gasteiger partial charge in [0, 0.05) is 31.4 Å². The third-order valence-electron chi connectivity index (χ3n) is 6.68. The Labute approximate surface area is 150 Å². The summed E-state index contributed by atoms with van der Waals surface area (Å²) in [7, 11) is 0. The molecule has 3 atom stereocenters. The second kappa shape index (κ2) is 6.81. The number of carboxylic acid groups (broad SMARTS) is 1. The average molecular weight is 342 g/mol. The first-order valence-corrected chi connectivity index (χ1v) is 9.36. The monoisotopic (exact) mass is 342 g/mol. The number of likely N-dealkylation sites (tertiary alicyclic amines) is 1. The van der Waals surface area contributed by atoms with Crippen LogP contribution in [0.4, 0.5) is 0 Å². The van der Waals surface area contributed by atoms with Gasteiger partial charge in [-0.1, -0.05) is 57.0 Å². The summed E-state index contributed by atoms with van der Waals surface area (Å²) in [6, 6.07) is 9.46. The van der Waals surface area contributed by atoms with E-state index >= 15 is 0 Å². The van der Waals surface area contributed by atoms with E-state index < -0.39 is 11.9 Å². The second-order valence-corrected chi connectivity index (χ2v) is 8.49. The van der Waals surface area contributed by atoms with Gasteiger partial charge in [-0.3, -0.25) is 4.79 Å². The molecule has 0 spiro atoms. The highest BCUT2D eigenvalue weighted by Crippen LogP contribution is 2.55. The number of benzene rings is 1. The zero-order valence-corrected chi connectivity index (χ0v) is 15.3. The van der Waals surface area contributed by atoms with Crippen molar-refractivity contribution in [1.82, 2.24) is 4.90 Å². The minimum atomic E-state index is -1.13. The van der Waals surface area contributed by atoms with Gasteiger partial charge in [-0.05, 0) is 35.7 Å². The molecular weight excluding hydrogens is 314 g/mol. The first kappa shape index (κ1) is 18.0. The van der Waals surface area contributed by atoms with E-state index in [4.69, 9.17) is 0 Å². The van der Waals surface area contributed by atoms with Crippen molar-refractivity contribution in [1.29, 1.82) is 0 Å². The Balaban J connectivity index is 1.67. The van der Waals surface area contributed by atoms with Gasteiger partial charge in [0.25, 0.3) is 0 Å². The van der Waals surface area contributed by atoms with Crippen molar-refractivity contribution >= 4 is 11.9 Å². The Hall–Kier alpha value is -1.84. The summed E-state index contributed by atoms with van der Waals surface area (Å²) >= 11 is 0. The number of amides is 1. The van der Waals surface area contributed by atoms with E-state index in [9.17, 15) is 14.7 Å². The van der Waals surface area contributed by atoms with Gasteiger partial charge in [0.1, 0.15) is 0 Å². The minimum absolute atomic E-state index is 0.0311. The molecule has 1 aromatic carbocycles. The van der Waals surface area contributed by atoms with E-state index in [-0.39, 0.29) is 23.2 Å². The van der Waals surface area contributed by atoms with E-state index in [0.29, 0.717) is 6.42 Å². The molecule has 3 rings (SSSR count). The van der Waals surface area contributed by atoms with Gasteiger partial charge >= 0.3 is 0 Å². The lowest BCUT2D eigenvalue weighted by molar-refractivity contribution is -0.311. The van der Waals surface area contributed by atoms with E-state index in [0.717, 1.165) is 31.5 Å². The number of hydrogen-bond acceptors (Lipinski definition) is 3. The first-order chi connectivity index (χ1) is 11.8. The fraction of sp³-hybridized carbons (Fsp3) is 0.619. The largest absolute Gasteiger partial charge is 0.550 e. The molecule has 4 nitrogen and oxygen atoms in total. The lowest BCUT2D eigenvalue weighted by atomic mass is 9.60. The van der Waals surface area contributed by atoms with Crippen LogP contribution in [-0.2, 0) is 16.0 Å². The van der Waals surface area contributed by atoms with E-state index in [1.165, 1.54) is 12.8 Å². The topological polar surface area (TPSA) is 60.4 Å². The van der Waals surface area contributed by atoms with Crippen molar-refractivity contribution in [3.05, 3.63) is 35.9 Å². The van der Waals surface area contributed by atoms with Gasteiger partial charge in [-0.2, -0.15) is 0 Å². The number of carboxylic acids is 1. The lowest BCUT2D eigenvalue weighted by Crippen LogP contribution is -2.38. The summed E-state index contributed by atoms with van der Waals surface area (Å²) in [5.74, 6) is -1.94. The SMILES string of the molecule is CC12CCCCC1(C)CN(C(=O)C[C@H](Cc1ccccc1)C(=O)[O-])C2. The molecule has 4 heteroatoms. The van der Waals surface area contributed by atoms with Crippen LogP contribution >= 0.6 is 0 Å². The zero-order chi connectivity index (χ0) is 18.1.